The summed E-state index contributed by atoms with van der Waals surface area (Å²) in [5.74, 6) is -0.972. The zero-order valence-electron chi connectivity index (χ0n) is 11.8. The third kappa shape index (κ3) is 5.14. The van der Waals surface area contributed by atoms with Gasteiger partial charge >= 0.3 is 12.0 Å². The number of carbonyl (C=O) groups excluding carboxylic acids is 1. The summed E-state index contributed by atoms with van der Waals surface area (Å²) in [6, 6.07) is 7.29. The number of hydrogen-bond acceptors (Lipinski definition) is 2. The first-order chi connectivity index (χ1) is 9.56. The Hall–Kier alpha value is -2.30. The molecule has 0 spiro atoms. The first-order valence-corrected chi connectivity index (χ1v) is 6.59. The predicted molar refractivity (Wildman–Crippen MR) is 78.3 cm³/mol. The number of rotatable bonds is 6. The smallest absolute Gasteiger partial charge is 0.328 e. The number of carbonyl (C=O) groups is 2. The minimum absolute atomic E-state index is 0.0788. The van der Waals surface area contributed by atoms with E-state index in [9.17, 15) is 9.59 Å². The van der Waals surface area contributed by atoms with E-state index < -0.39 is 5.97 Å². The molecular weight excluding hydrogens is 256 g/mol. The van der Waals surface area contributed by atoms with E-state index in [4.69, 9.17) is 5.11 Å². The minimum Gasteiger partial charge on any atom is -0.478 e. The number of carboxylic acids is 1. The maximum Gasteiger partial charge on any atom is 0.328 e. The van der Waals surface area contributed by atoms with Gasteiger partial charge < -0.3 is 15.3 Å². The van der Waals surface area contributed by atoms with Gasteiger partial charge in [0.1, 0.15) is 0 Å². The second kappa shape index (κ2) is 7.99. The van der Waals surface area contributed by atoms with E-state index in [0.29, 0.717) is 19.6 Å². The molecule has 0 fully saturated rings. The van der Waals surface area contributed by atoms with Crippen LogP contribution in [0.5, 0.6) is 0 Å². The lowest BCUT2D eigenvalue weighted by Gasteiger charge is -2.19. The van der Waals surface area contributed by atoms with Crippen molar-refractivity contribution in [2.24, 2.45) is 0 Å². The molecule has 5 nitrogen and oxygen atoms in total. The van der Waals surface area contributed by atoms with E-state index in [0.717, 1.165) is 17.2 Å². The molecule has 0 aromatic heterocycles. The summed E-state index contributed by atoms with van der Waals surface area (Å²) < 4.78 is 0. The third-order valence-corrected chi connectivity index (χ3v) is 2.89. The molecule has 0 aliphatic carbocycles. The van der Waals surface area contributed by atoms with Gasteiger partial charge in [0.05, 0.1) is 0 Å². The van der Waals surface area contributed by atoms with Crippen molar-refractivity contribution in [3.05, 3.63) is 41.5 Å². The van der Waals surface area contributed by atoms with Crippen LogP contribution in [-0.4, -0.2) is 35.1 Å². The molecule has 0 bridgehead atoms. The molecule has 0 radical (unpaired) electrons. The molecule has 1 aromatic carbocycles. The number of carboxylic acid groups (broad SMARTS) is 1. The molecule has 0 saturated carbocycles. The molecule has 0 atom stereocenters. The molecule has 2 N–H and O–H groups in total. The van der Waals surface area contributed by atoms with E-state index in [1.807, 2.05) is 38.1 Å². The Labute approximate surface area is 118 Å². The summed E-state index contributed by atoms with van der Waals surface area (Å²) in [6.07, 6.45) is 2.62. The van der Waals surface area contributed by atoms with Crippen LogP contribution in [0, 0.1) is 0 Å². The van der Waals surface area contributed by atoms with E-state index in [1.54, 1.807) is 4.90 Å². The molecule has 1 aromatic rings. The number of benzene rings is 1. The molecule has 5 heteroatoms. The van der Waals surface area contributed by atoms with Crippen LogP contribution in [0.3, 0.4) is 0 Å². The Balaban J connectivity index is 2.53. The van der Waals surface area contributed by atoms with Crippen molar-refractivity contribution in [2.45, 2.75) is 20.4 Å². The number of nitrogens with one attached hydrogen (secondary N) is 1. The molecule has 0 saturated heterocycles. The molecule has 1 rings (SSSR count). The van der Waals surface area contributed by atoms with Crippen molar-refractivity contribution in [1.82, 2.24) is 10.2 Å². The number of aliphatic carboxylic acids is 1. The zero-order valence-corrected chi connectivity index (χ0v) is 11.8. The van der Waals surface area contributed by atoms with E-state index in [1.165, 1.54) is 6.08 Å². The number of nitrogens with zero attached hydrogens (tertiary/aromatic N) is 1. The second-order valence-corrected chi connectivity index (χ2v) is 4.24. The van der Waals surface area contributed by atoms with Crippen LogP contribution in [0.1, 0.15) is 25.0 Å². The third-order valence-electron chi connectivity index (χ3n) is 2.89. The Kier molecular flexibility index (Phi) is 6.29. The van der Waals surface area contributed by atoms with Gasteiger partial charge in [-0.3, -0.25) is 0 Å². The topological polar surface area (TPSA) is 69.6 Å². The highest BCUT2D eigenvalue weighted by Crippen LogP contribution is 2.06. The summed E-state index contributed by atoms with van der Waals surface area (Å²) >= 11 is 0. The Bertz CT molecular complexity index is 476. The fraction of sp³-hybridized carbons (Fsp3) is 0.333. The average Bonchev–Trinajstić information content (AvgIpc) is 2.45. The number of urea groups is 1. The Morgan fingerprint density at radius 2 is 1.80 bits per heavy atom. The van der Waals surface area contributed by atoms with Gasteiger partial charge in [-0.15, -0.1) is 0 Å². The first kappa shape index (κ1) is 15.8. The first-order valence-electron chi connectivity index (χ1n) is 6.59. The summed E-state index contributed by atoms with van der Waals surface area (Å²) in [4.78, 5) is 23.9. The van der Waals surface area contributed by atoms with Gasteiger partial charge in [-0.2, -0.15) is 0 Å². The van der Waals surface area contributed by atoms with Gasteiger partial charge in [-0.05, 0) is 31.1 Å². The van der Waals surface area contributed by atoms with Gasteiger partial charge in [0.25, 0.3) is 0 Å². The van der Waals surface area contributed by atoms with Crippen molar-refractivity contribution >= 4 is 18.1 Å². The van der Waals surface area contributed by atoms with Crippen molar-refractivity contribution in [1.29, 1.82) is 0 Å². The zero-order chi connectivity index (χ0) is 15.0. The molecule has 108 valence electrons. The Morgan fingerprint density at radius 1 is 1.20 bits per heavy atom. The normalized spacial score (nSPS) is 10.5. The fourth-order valence-electron chi connectivity index (χ4n) is 1.71. The molecule has 2 amide bonds. The summed E-state index contributed by atoms with van der Waals surface area (Å²) in [5.41, 5.74) is 1.78. The highest BCUT2D eigenvalue weighted by atomic mass is 16.4. The van der Waals surface area contributed by atoms with Crippen LogP contribution < -0.4 is 5.32 Å². The van der Waals surface area contributed by atoms with Gasteiger partial charge in [-0.25, -0.2) is 9.59 Å². The van der Waals surface area contributed by atoms with E-state index in [-0.39, 0.29) is 6.03 Å². The minimum atomic E-state index is -0.972. The average molecular weight is 276 g/mol. The lowest BCUT2D eigenvalue weighted by molar-refractivity contribution is -0.131. The Morgan fingerprint density at radius 3 is 2.30 bits per heavy atom. The predicted octanol–water partition coefficient (Wildman–Crippen LogP) is 2.34. The van der Waals surface area contributed by atoms with Gasteiger partial charge in [0.15, 0.2) is 0 Å². The standard InChI is InChI=1S/C15H20N2O3/c1-3-17(4-2)15(20)16-11-13-7-5-12(6-8-13)9-10-14(18)19/h5-10H,3-4,11H2,1-2H3,(H,16,20)(H,18,19). The van der Waals surface area contributed by atoms with Gasteiger partial charge in [0.2, 0.25) is 0 Å². The maximum atomic E-state index is 11.8. The van der Waals surface area contributed by atoms with E-state index >= 15 is 0 Å². The van der Waals surface area contributed by atoms with Crippen molar-refractivity contribution < 1.29 is 14.7 Å². The summed E-state index contributed by atoms with van der Waals surface area (Å²) in [6.45, 7) is 5.69. The maximum absolute atomic E-state index is 11.8. The van der Waals surface area contributed by atoms with Crippen molar-refractivity contribution in [2.75, 3.05) is 13.1 Å². The molecule has 0 unspecified atom stereocenters. The highest BCUT2D eigenvalue weighted by Gasteiger charge is 2.07. The van der Waals surface area contributed by atoms with Crippen LogP contribution in [0.4, 0.5) is 4.79 Å². The molecular formula is C15H20N2O3. The number of amides is 2. The fourth-order valence-corrected chi connectivity index (χ4v) is 1.71. The van der Waals surface area contributed by atoms with Crippen LogP contribution in [0.25, 0.3) is 6.08 Å². The van der Waals surface area contributed by atoms with Crippen LogP contribution in [0.2, 0.25) is 0 Å². The summed E-state index contributed by atoms with van der Waals surface area (Å²) in [7, 11) is 0. The van der Waals surface area contributed by atoms with E-state index in [2.05, 4.69) is 5.32 Å². The van der Waals surface area contributed by atoms with Crippen molar-refractivity contribution in [3.63, 3.8) is 0 Å². The second-order valence-electron chi connectivity index (χ2n) is 4.24. The van der Waals surface area contributed by atoms with Crippen molar-refractivity contribution in [3.8, 4) is 0 Å². The monoisotopic (exact) mass is 276 g/mol. The molecule has 0 aliphatic heterocycles. The quantitative estimate of drug-likeness (QED) is 0.783. The lowest BCUT2D eigenvalue weighted by Crippen LogP contribution is -2.39. The van der Waals surface area contributed by atoms with Gasteiger partial charge in [-0.1, -0.05) is 24.3 Å². The SMILES string of the molecule is CCN(CC)C(=O)NCc1ccc(C=CC(=O)O)cc1. The number of hydrogen-bond donors (Lipinski definition) is 2. The van der Waals surface area contributed by atoms with Gasteiger partial charge in [0, 0.05) is 25.7 Å². The molecule has 0 aliphatic rings. The highest BCUT2D eigenvalue weighted by molar-refractivity contribution is 5.85. The molecule has 0 heterocycles. The van der Waals surface area contributed by atoms with Crippen LogP contribution in [0.15, 0.2) is 30.3 Å². The van der Waals surface area contributed by atoms with Crippen LogP contribution in [-0.2, 0) is 11.3 Å². The van der Waals surface area contributed by atoms with Crippen LogP contribution >= 0.6 is 0 Å². The largest absolute Gasteiger partial charge is 0.478 e. The molecule has 20 heavy (non-hydrogen) atoms. The lowest BCUT2D eigenvalue weighted by atomic mass is 10.1. The summed E-state index contributed by atoms with van der Waals surface area (Å²) in [5, 5.41) is 11.4.